The maximum atomic E-state index is 13.9. The summed E-state index contributed by atoms with van der Waals surface area (Å²) in [5.41, 5.74) is 2.24. The van der Waals surface area contributed by atoms with Gasteiger partial charge in [-0.05, 0) is 91.9 Å². The predicted octanol–water partition coefficient (Wildman–Crippen LogP) is 6.21. The zero-order valence-corrected chi connectivity index (χ0v) is 25.1. The highest BCUT2D eigenvalue weighted by Crippen LogP contribution is 2.67. The topological polar surface area (TPSA) is 89.9 Å². The van der Waals surface area contributed by atoms with Crippen molar-refractivity contribution in [3.8, 4) is 0 Å². The van der Waals surface area contributed by atoms with E-state index in [1.807, 2.05) is 26.8 Å². The highest BCUT2D eigenvalue weighted by Gasteiger charge is 2.63. The number of fused-ring (bicyclic) bond motifs is 5. The molecule has 0 radical (unpaired) electrons. The van der Waals surface area contributed by atoms with Gasteiger partial charge in [0.2, 0.25) is 0 Å². The number of allylic oxidation sites excluding steroid dienone is 3. The van der Waals surface area contributed by atoms with Crippen LogP contribution in [0.1, 0.15) is 99.8 Å². The lowest BCUT2D eigenvalue weighted by molar-refractivity contribution is -0.152. The summed E-state index contributed by atoms with van der Waals surface area (Å²) in [6, 6.07) is 0. The molecule has 0 bridgehead atoms. The van der Waals surface area contributed by atoms with Crippen LogP contribution in [-0.4, -0.2) is 41.6 Å². The first kappa shape index (κ1) is 30.0. The van der Waals surface area contributed by atoms with Crippen molar-refractivity contribution in [3.63, 3.8) is 0 Å². The van der Waals surface area contributed by atoms with Crippen LogP contribution in [0.25, 0.3) is 0 Å². The van der Waals surface area contributed by atoms with E-state index in [0.717, 1.165) is 50.5 Å². The third kappa shape index (κ3) is 5.52. The van der Waals surface area contributed by atoms with E-state index in [4.69, 9.17) is 9.47 Å². The quantitative estimate of drug-likeness (QED) is 0.223. The molecular weight excluding hydrogens is 492 g/mol. The first-order valence-corrected chi connectivity index (χ1v) is 15.2. The lowest BCUT2D eigenvalue weighted by Crippen LogP contribution is -2.51. The van der Waals surface area contributed by atoms with Crippen LogP contribution >= 0.6 is 0 Å². The predicted molar refractivity (Wildman–Crippen MR) is 150 cm³/mol. The number of Topliss-reactive ketones (excluding diaryl/α,β-unsaturated/α-hetero) is 1. The Kier molecular flexibility index (Phi) is 8.85. The van der Waals surface area contributed by atoms with Crippen LogP contribution in [0.15, 0.2) is 23.3 Å². The molecular formula is C33H50O6. The highest BCUT2D eigenvalue weighted by atomic mass is 16.5. The number of aliphatic hydroxyl groups excluding tert-OH is 1. The number of carbonyl (C=O) groups excluding carboxylic acids is 3. The summed E-state index contributed by atoms with van der Waals surface area (Å²) in [4.78, 5) is 37.7. The van der Waals surface area contributed by atoms with E-state index < -0.39 is 0 Å². The van der Waals surface area contributed by atoms with Crippen LogP contribution in [0.5, 0.6) is 0 Å². The van der Waals surface area contributed by atoms with Gasteiger partial charge in [-0.1, -0.05) is 45.4 Å². The summed E-state index contributed by atoms with van der Waals surface area (Å²) >= 11 is 0. The van der Waals surface area contributed by atoms with Gasteiger partial charge < -0.3 is 14.6 Å². The van der Waals surface area contributed by atoms with E-state index in [0.29, 0.717) is 24.2 Å². The summed E-state index contributed by atoms with van der Waals surface area (Å²) in [6.07, 6.45) is 11.3. The Balaban J connectivity index is 1.62. The molecule has 4 rings (SSSR count). The van der Waals surface area contributed by atoms with Crippen molar-refractivity contribution in [1.29, 1.82) is 0 Å². The smallest absolute Gasteiger partial charge is 0.302 e. The van der Waals surface area contributed by atoms with Gasteiger partial charge in [-0.15, -0.1) is 0 Å². The van der Waals surface area contributed by atoms with Crippen LogP contribution in [0.4, 0.5) is 0 Å². The first-order valence-electron chi connectivity index (χ1n) is 15.2. The SMILES string of the molecule is C/C=C(\C[C@@H](C)CO)C(=O)[C@@H](C)C1[C@@H](OC(C)=O)CC2C3CC=C4C[C@@H](OC(C)=O)CC[C@]4(C)C3CC[C@@]21C. The second-order valence-electron chi connectivity index (χ2n) is 13.6. The van der Waals surface area contributed by atoms with E-state index >= 15 is 0 Å². The summed E-state index contributed by atoms with van der Waals surface area (Å²) < 4.78 is 11.6. The number of ketones is 1. The van der Waals surface area contributed by atoms with Gasteiger partial charge in [0, 0.05) is 38.7 Å². The first-order chi connectivity index (χ1) is 18.3. The molecule has 218 valence electrons. The van der Waals surface area contributed by atoms with Gasteiger partial charge in [-0.2, -0.15) is 0 Å². The van der Waals surface area contributed by atoms with Crippen LogP contribution in [0, 0.1) is 46.3 Å². The van der Waals surface area contributed by atoms with E-state index in [9.17, 15) is 19.5 Å². The minimum Gasteiger partial charge on any atom is -0.462 e. The Morgan fingerprint density at radius 1 is 1.08 bits per heavy atom. The van der Waals surface area contributed by atoms with Crippen molar-refractivity contribution in [1.82, 2.24) is 0 Å². The van der Waals surface area contributed by atoms with Crippen LogP contribution in [-0.2, 0) is 23.9 Å². The Morgan fingerprint density at radius 3 is 2.38 bits per heavy atom. The Morgan fingerprint density at radius 2 is 1.77 bits per heavy atom. The number of carbonyl (C=O) groups is 3. The second-order valence-corrected chi connectivity index (χ2v) is 13.6. The molecule has 0 aliphatic heterocycles. The Bertz CT molecular complexity index is 1030. The van der Waals surface area contributed by atoms with E-state index in [2.05, 4.69) is 19.9 Å². The molecule has 4 aliphatic carbocycles. The van der Waals surface area contributed by atoms with Gasteiger partial charge in [0.05, 0.1) is 0 Å². The summed E-state index contributed by atoms with van der Waals surface area (Å²) in [6.45, 7) is 13.7. The molecule has 0 amide bonds. The van der Waals surface area contributed by atoms with Crippen LogP contribution in [0.2, 0.25) is 0 Å². The number of ether oxygens (including phenoxy) is 2. The molecule has 10 atom stereocenters. The Hall–Kier alpha value is -1.95. The average Bonchev–Trinajstić information content (AvgIpc) is 3.17. The molecule has 4 aliphatic rings. The largest absolute Gasteiger partial charge is 0.462 e. The van der Waals surface area contributed by atoms with Crippen LogP contribution in [0.3, 0.4) is 0 Å². The third-order valence-electron chi connectivity index (χ3n) is 11.3. The van der Waals surface area contributed by atoms with Gasteiger partial charge in [0.25, 0.3) is 0 Å². The van der Waals surface area contributed by atoms with E-state index in [1.165, 1.54) is 19.4 Å². The zero-order valence-electron chi connectivity index (χ0n) is 25.1. The standard InChI is InChI=1S/C33H50O6/c1-8-23(15-19(2)18-34)31(37)20(3)30-29(39-22(5)36)17-28-26-10-9-24-16-25(38-21(4)35)11-13-32(24,6)27(26)12-14-33(28,30)7/h8-9,19-20,25-30,34H,10-18H2,1-7H3/b23-8+/t19-,20+,25+,26?,27?,28?,29+,30?,32+,33+/m1/s1. The molecule has 6 nitrogen and oxygen atoms in total. The van der Waals surface area contributed by atoms with Gasteiger partial charge >= 0.3 is 11.9 Å². The molecule has 39 heavy (non-hydrogen) atoms. The maximum Gasteiger partial charge on any atom is 0.302 e. The summed E-state index contributed by atoms with van der Waals surface area (Å²) in [5.74, 6) is 0.813. The molecule has 0 spiro atoms. The van der Waals surface area contributed by atoms with Gasteiger partial charge in [-0.3, -0.25) is 14.4 Å². The fourth-order valence-corrected chi connectivity index (χ4v) is 9.47. The fraction of sp³-hybridized carbons (Fsp3) is 0.788. The third-order valence-corrected chi connectivity index (χ3v) is 11.3. The number of esters is 2. The fourth-order valence-electron chi connectivity index (χ4n) is 9.47. The van der Waals surface area contributed by atoms with E-state index in [-0.39, 0.29) is 65.1 Å². The van der Waals surface area contributed by atoms with Crippen molar-refractivity contribution in [3.05, 3.63) is 23.3 Å². The molecule has 0 aromatic carbocycles. The Labute approximate surface area is 235 Å². The lowest BCUT2D eigenvalue weighted by atomic mass is 9.47. The number of rotatable bonds is 8. The summed E-state index contributed by atoms with van der Waals surface area (Å²) in [5, 5.41) is 9.59. The molecule has 3 saturated carbocycles. The minimum atomic E-state index is -0.273. The lowest BCUT2D eigenvalue weighted by Gasteiger charge is -2.58. The maximum absolute atomic E-state index is 13.9. The van der Waals surface area contributed by atoms with Gasteiger partial charge in [0.1, 0.15) is 12.2 Å². The molecule has 0 saturated heterocycles. The second kappa shape index (κ2) is 11.5. The van der Waals surface area contributed by atoms with Gasteiger partial charge in [0.15, 0.2) is 5.78 Å². The monoisotopic (exact) mass is 542 g/mol. The molecule has 4 unspecified atom stereocenters. The average molecular weight is 543 g/mol. The van der Waals surface area contributed by atoms with Gasteiger partial charge in [-0.25, -0.2) is 0 Å². The number of aliphatic hydroxyl groups is 1. The highest BCUT2D eigenvalue weighted by molar-refractivity contribution is 5.97. The van der Waals surface area contributed by atoms with Crippen molar-refractivity contribution < 1.29 is 29.0 Å². The molecule has 3 fully saturated rings. The number of hydrogen-bond acceptors (Lipinski definition) is 6. The molecule has 6 heteroatoms. The molecule has 0 aromatic heterocycles. The summed E-state index contributed by atoms with van der Waals surface area (Å²) in [7, 11) is 0. The molecule has 1 N–H and O–H groups in total. The van der Waals surface area contributed by atoms with E-state index in [1.54, 1.807) is 0 Å². The van der Waals surface area contributed by atoms with Crippen LogP contribution < -0.4 is 0 Å². The zero-order chi connectivity index (χ0) is 28.7. The van der Waals surface area contributed by atoms with Crippen molar-refractivity contribution in [2.45, 2.75) is 112 Å². The molecule has 0 heterocycles. The van der Waals surface area contributed by atoms with Crippen molar-refractivity contribution in [2.24, 2.45) is 46.3 Å². The van der Waals surface area contributed by atoms with Crippen molar-refractivity contribution >= 4 is 17.7 Å². The molecule has 0 aromatic rings. The normalized spacial score (nSPS) is 39.4. The minimum absolute atomic E-state index is 0.0160. The number of hydrogen-bond donors (Lipinski definition) is 1. The van der Waals surface area contributed by atoms with Crippen molar-refractivity contribution in [2.75, 3.05) is 6.61 Å².